The summed E-state index contributed by atoms with van der Waals surface area (Å²) in [6.07, 6.45) is 1.43. The number of aromatic nitrogens is 2. The van der Waals surface area contributed by atoms with Gasteiger partial charge in [-0.05, 0) is 23.9 Å². The third-order valence-corrected chi connectivity index (χ3v) is 2.95. The molecule has 0 atom stereocenters. The molecule has 0 radical (unpaired) electrons. The molecule has 92 valence electrons. The van der Waals surface area contributed by atoms with Gasteiger partial charge >= 0.3 is 0 Å². The Morgan fingerprint density at radius 3 is 2.67 bits per heavy atom. The molecule has 0 aliphatic rings. The van der Waals surface area contributed by atoms with Crippen molar-refractivity contribution < 1.29 is 0 Å². The van der Waals surface area contributed by atoms with Gasteiger partial charge in [0.15, 0.2) is 10.2 Å². The Kier molecular flexibility index (Phi) is 3.69. The van der Waals surface area contributed by atoms with Crippen molar-refractivity contribution in [2.45, 2.75) is 5.03 Å². The van der Waals surface area contributed by atoms with Crippen molar-refractivity contribution in [1.82, 2.24) is 9.55 Å². The van der Waals surface area contributed by atoms with Crippen LogP contribution < -0.4 is 11.3 Å². The van der Waals surface area contributed by atoms with E-state index in [0.29, 0.717) is 5.69 Å². The zero-order chi connectivity index (χ0) is 13.1. The van der Waals surface area contributed by atoms with Crippen LogP contribution >= 0.6 is 23.4 Å². The van der Waals surface area contributed by atoms with Gasteiger partial charge in [0.05, 0.1) is 6.20 Å². The normalized spacial score (nSPS) is 10.3. The summed E-state index contributed by atoms with van der Waals surface area (Å²) in [4.78, 5) is 16.0. The SMILES string of the molecule is N=C(N)Sc1nc(Cl)cn(-c2ccccc2)c1=O. The number of nitrogens with zero attached hydrogens (tertiary/aromatic N) is 2. The largest absolute Gasteiger partial charge is 0.378 e. The first-order valence-corrected chi connectivity index (χ1v) is 6.14. The van der Waals surface area contributed by atoms with E-state index >= 15 is 0 Å². The van der Waals surface area contributed by atoms with Crippen LogP contribution in [-0.4, -0.2) is 14.7 Å². The first-order chi connectivity index (χ1) is 8.58. The maximum atomic E-state index is 12.1. The summed E-state index contributed by atoms with van der Waals surface area (Å²) in [6.45, 7) is 0. The van der Waals surface area contributed by atoms with E-state index in [9.17, 15) is 4.79 Å². The molecule has 2 rings (SSSR count). The summed E-state index contributed by atoms with van der Waals surface area (Å²) < 4.78 is 1.38. The van der Waals surface area contributed by atoms with Crippen molar-refractivity contribution in [1.29, 1.82) is 5.41 Å². The summed E-state index contributed by atoms with van der Waals surface area (Å²) in [7, 11) is 0. The van der Waals surface area contributed by atoms with Crippen LogP contribution in [0.15, 0.2) is 46.3 Å². The van der Waals surface area contributed by atoms with Crippen LogP contribution in [0.4, 0.5) is 0 Å². The van der Waals surface area contributed by atoms with Gasteiger partial charge in [-0.25, -0.2) is 4.98 Å². The van der Waals surface area contributed by atoms with Gasteiger partial charge in [0.1, 0.15) is 5.15 Å². The number of halogens is 1. The molecule has 3 N–H and O–H groups in total. The van der Waals surface area contributed by atoms with E-state index in [1.807, 2.05) is 18.2 Å². The fraction of sp³-hybridized carbons (Fsp3) is 0. The topological polar surface area (TPSA) is 84.8 Å². The van der Waals surface area contributed by atoms with Crippen molar-refractivity contribution in [2.75, 3.05) is 0 Å². The molecule has 0 unspecified atom stereocenters. The van der Waals surface area contributed by atoms with Crippen molar-refractivity contribution in [3.05, 3.63) is 52.0 Å². The fourth-order valence-electron chi connectivity index (χ4n) is 1.39. The maximum absolute atomic E-state index is 12.1. The number of benzene rings is 1. The molecule has 0 saturated carbocycles. The lowest BCUT2D eigenvalue weighted by Gasteiger charge is -2.07. The molecule has 18 heavy (non-hydrogen) atoms. The van der Waals surface area contributed by atoms with Crippen LogP contribution in [0.2, 0.25) is 5.15 Å². The van der Waals surface area contributed by atoms with E-state index in [4.69, 9.17) is 22.7 Å². The first kappa shape index (κ1) is 12.7. The number of rotatable bonds is 2. The first-order valence-electron chi connectivity index (χ1n) is 4.94. The third-order valence-electron chi connectivity index (χ3n) is 2.09. The molecule has 0 bridgehead atoms. The van der Waals surface area contributed by atoms with E-state index in [0.717, 1.165) is 11.8 Å². The van der Waals surface area contributed by atoms with Gasteiger partial charge in [0, 0.05) is 5.69 Å². The number of thioether (sulfide) groups is 1. The Bertz CT molecular complexity index is 641. The highest BCUT2D eigenvalue weighted by atomic mass is 35.5. The Morgan fingerprint density at radius 1 is 1.39 bits per heavy atom. The van der Waals surface area contributed by atoms with Gasteiger partial charge < -0.3 is 5.73 Å². The molecule has 1 aromatic carbocycles. The van der Waals surface area contributed by atoms with E-state index < -0.39 is 0 Å². The van der Waals surface area contributed by atoms with Gasteiger partial charge in [0.25, 0.3) is 5.56 Å². The highest BCUT2D eigenvalue weighted by molar-refractivity contribution is 8.13. The molecule has 7 heteroatoms. The molecule has 0 fully saturated rings. The molecule has 0 aliphatic carbocycles. The lowest BCUT2D eigenvalue weighted by atomic mass is 10.3. The lowest BCUT2D eigenvalue weighted by Crippen LogP contribution is -2.22. The molecular formula is C11H9ClN4OS. The van der Waals surface area contributed by atoms with Crippen molar-refractivity contribution >= 4 is 28.5 Å². The molecule has 0 spiro atoms. The van der Waals surface area contributed by atoms with Gasteiger partial charge in [-0.1, -0.05) is 29.8 Å². The summed E-state index contributed by atoms with van der Waals surface area (Å²) in [6, 6.07) is 9.03. The number of nitrogens with two attached hydrogens (primary N) is 1. The minimum atomic E-state index is -0.356. The average molecular weight is 281 g/mol. The minimum absolute atomic E-state index is 0.0823. The molecular weight excluding hydrogens is 272 g/mol. The second-order valence-corrected chi connectivity index (χ2v) is 4.76. The molecule has 1 heterocycles. The number of hydrogen-bond acceptors (Lipinski definition) is 4. The van der Waals surface area contributed by atoms with E-state index in [2.05, 4.69) is 4.98 Å². The Hall–Kier alpha value is -1.79. The molecule has 0 amide bonds. The standard InChI is InChI=1S/C11H9ClN4OS/c12-8-6-16(7-4-2-1-3-5-7)10(17)9(15-8)18-11(13)14/h1-6H,(H3,13,14). The van der Waals surface area contributed by atoms with Gasteiger partial charge in [-0.2, -0.15) is 0 Å². The summed E-state index contributed by atoms with van der Waals surface area (Å²) in [5.41, 5.74) is 5.57. The molecule has 0 aliphatic heterocycles. The lowest BCUT2D eigenvalue weighted by molar-refractivity contribution is 0.885. The number of para-hydroxylation sites is 1. The second-order valence-electron chi connectivity index (χ2n) is 3.35. The fourth-order valence-corrected chi connectivity index (χ4v) is 2.16. The maximum Gasteiger partial charge on any atom is 0.288 e. The Balaban J connectivity index is 2.59. The molecule has 5 nitrogen and oxygen atoms in total. The van der Waals surface area contributed by atoms with Gasteiger partial charge in [-0.3, -0.25) is 14.8 Å². The van der Waals surface area contributed by atoms with E-state index in [1.54, 1.807) is 12.1 Å². The van der Waals surface area contributed by atoms with Crippen molar-refractivity contribution in [3.63, 3.8) is 0 Å². The summed E-state index contributed by atoms with van der Waals surface area (Å²) >= 11 is 6.64. The summed E-state index contributed by atoms with van der Waals surface area (Å²) in [5, 5.41) is 7.23. The van der Waals surface area contributed by atoms with Crippen LogP contribution in [0.25, 0.3) is 5.69 Å². The van der Waals surface area contributed by atoms with Crippen LogP contribution in [0.5, 0.6) is 0 Å². The predicted octanol–water partition coefficient (Wildman–Crippen LogP) is 1.87. The smallest absolute Gasteiger partial charge is 0.288 e. The van der Waals surface area contributed by atoms with Crippen LogP contribution in [0.3, 0.4) is 0 Å². The van der Waals surface area contributed by atoms with Crippen LogP contribution in [0.1, 0.15) is 0 Å². The number of hydrogen-bond donors (Lipinski definition) is 2. The number of amidine groups is 1. The van der Waals surface area contributed by atoms with Crippen LogP contribution in [0, 0.1) is 5.41 Å². The Labute approximate surface area is 112 Å². The highest BCUT2D eigenvalue weighted by Crippen LogP contribution is 2.15. The van der Waals surface area contributed by atoms with Crippen LogP contribution in [-0.2, 0) is 0 Å². The van der Waals surface area contributed by atoms with Gasteiger partial charge in [0.2, 0.25) is 0 Å². The zero-order valence-electron chi connectivity index (χ0n) is 9.13. The van der Waals surface area contributed by atoms with Crippen molar-refractivity contribution in [2.24, 2.45) is 5.73 Å². The third kappa shape index (κ3) is 2.72. The number of nitrogens with one attached hydrogen (secondary N) is 1. The summed E-state index contributed by atoms with van der Waals surface area (Å²) in [5.74, 6) is 0. The Morgan fingerprint density at radius 2 is 2.06 bits per heavy atom. The molecule has 2 aromatic rings. The van der Waals surface area contributed by atoms with Crippen molar-refractivity contribution in [3.8, 4) is 5.69 Å². The predicted molar refractivity (Wildman–Crippen MR) is 72.6 cm³/mol. The van der Waals surface area contributed by atoms with Gasteiger partial charge in [-0.15, -0.1) is 0 Å². The highest BCUT2D eigenvalue weighted by Gasteiger charge is 2.10. The monoisotopic (exact) mass is 280 g/mol. The molecule has 0 saturated heterocycles. The van der Waals surface area contributed by atoms with E-state index in [1.165, 1.54) is 10.8 Å². The molecule has 1 aromatic heterocycles. The quantitative estimate of drug-likeness (QED) is 0.500. The second kappa shape index (κ2) is 5.24. The zero-order valence-corrected chi connectivity index (χ0v) is 10.7. The average Bonchev–Trinajstić information content (AvgIpc) is 2.34. The van der Waals surface area contributed by atoms with E-state index in [-0.39, 0.29) is 20.9 Å². The minimum Gasteiger partial charge on any atom is -0.378 e.